The van der Waals surface area contributed by atoms with E-state index in [0.29, 0.717) is 16.9 Å². The van der Waals surface area contributed by atoms with Gasteiger partial charge in [-0.2, -0.15) is 13.2 Å². The van der Waals surface area contributed by atoms with Crippen molar-refractivity contribution in [3.05, 3.63) is 35.9 Å². The van der Waals surface area contributed by atoms with Crippen molar-refractivity contribution in [2.75, 3.05) is 40.3 Å². The molecule has 0 radical (unpaired) electrons. The third-order valence-electron chi connectivity index (χ3n) is 5.17. The Hall–Kier alpha value is -1.56. The molecule has 1 atom stereocenters. The van der Waals surface area contributed by atoms with Gasteiger partial charge in [0.1, 0.15) is 6.54 Å². The van der Waals surface area contributed by atoms with E-state index in [-0.39, 0.29) is 36.6 Å². The maximum atomic E-state index is 12.4. The highest BCUT2D eigenvalue weighted by Crippen LogP contribution is 2.24. The minimum absolute atomic E-state index is 0. The van der Waals surface area contributed by atoms with E-state index in [1.807, 2.05) is 18.2 Å². The topological polar surface area (TPSA) is 60.0 Å². The summed E-state index contributed by atoms with van der Waals surface area (Å²) < 4.78 is 37.1. The summed E-state index contributed by atoms with van der Waals surface area (Å²) in [7, 11) is 2.71. The second-order valence-corrected chi connectivity index (χ2v) is 7.33. The Balaban J connectivity index is 0.00000450. The number of piperidine rings is 1. The number of aliphatic imine (C=N–C) groups is 1. The second kappa shape index (κ2) is 12.3. The molecule has 170 valence electrons. The first-order chi connectivity index (χ1) is 13.7. The van der Waals surface area contributed by atoms with Crippen LogP contribution in [0.5, 0.6) is 0 Å². The molecule has 1 aromatic rings. The lowest BCUT2D eigenvalue weighted by molar-refractivity contribution is -0.157. The Kier molecular flexibility index (Phi) is 10.9. The van der Waals surface area contributed by atoms with E-state index in [1.165, 1.54) is 5.56 Å². The van der Waals surface area contributed by atoms with E-state index in [4.69, 9.17) is 0 Å². The first-order valence-corrected chi connectivity index (χ1v) is 9.76. The van der Waals surface area contributed by atoms with Crippen molar-refractivity contribution in [1.82, 2.24) is 20.4 Å². The molecule has 0 bridgehead atoms. The van der Waals surface area contributed by atoms with Crippen LogP contribution in [-0.4, -0.2) is 74.2 Å². The highest BCUT2D eigenvalue weighted by Gasteiger charge is 2.31. The summed E-state index contributed by atoms with van der Waals surface area (Å²) >= 11 is 0. The minimum Gasteiger partial charge on any atom is -0.354 e. The van der Waals surface area contributed by atoms with Gasteiger partial charge < -0.3 is 15.5 Å². The molecule has 1 saturated heterocycles. The van der Waals surface area contributed by atoms with Crippen molar-refractivity contribution in [1.29, 1.82) is 0 Å². The van der Waals surface area contributed by atoms with Crippen LogP contribution in [0.4, 0.5) is 13.2 Å². The van der Waals surface area contributed by atoms with Crippen LogP contribution in [-0.2, 0) is 4.79 Å². The zero-order valence-electron chi connectivity index (χ0n) is 17.6. The number of nitrogens with zero attached hydrogens (tertiary/aromatic N) is 3. The van der Waals surface area contributed by atoms with Crippen LogP contribution in [0.1, 0.15) is 31.4 Å². The molecule has 1 fully saturated rings. The maximum Gasteiger partial charge on any atom is 0.406 e. The van der Waals surface area contributed by atoms with E-state index in [9.17, 15) is 18.0 Å². The number of halogens is 4. The van der Waals surface area contributed by atoms with E-state index in [1.54, 1.807) is 7.05 Å². The zero-order chi connectivity index (χ0) is 21.4. The van der Waals surface area contributed by atoms with Crippen LogP contribution < -0.4 is 10.6 Å². The van der Waals surface area contributed by atoms with Crippen molar-refractivity contribution < 1.29 is 18.0 Å². The monoisotopic (exact) mass is 541 g/mol. The van der Waals surface area contributed by atoms with Gasteiger partial charge in [0.25, 0.3) is 0 Å². The highest BCUT2D eigenvalue weighted by molar-refractivity contribution is 14.0. The molecule has 1 aliphatic rings. The lowest BCUT2D eigenvalue weighted by Crippen LogP contribution is -2.51. The molecular formula is C20H31F3IN5O. The van der Waals surface area contributed by atoms with Gasteiger partial charge in [-0.15, -0.1) is 24.0 Å². The number of carbonyl (C=O) groups excluding carboxylic acids is 1. The number of hydrogen-bond acceptors (Lipinski definition) is 3. The van der Waals surface area contributed by atoms with Crippen LogP contribution in [0.15, 0.2) is 35.3 Å². The molecule has 1 amide bonds. The number of likely N-dealkylation sites (tertiary alicyclic amines) is 1. The van der Waals surface area contributed by atoms with Crippen molar-refractivity contribution in [3.63, 3.8) is 0 Å². The van der Waals surface area contributed by atoms with Crippen molar-refractivity contribution in [2.45, 2.75) is 38.0 Å². The Bertz CT molecular complexity index is 679. The number of amides is 1. The number of nitrogens with one attached hydrogen (secondary N) is 2. The SMILES string of the molecule is CN=C(NCC(=O)N(C)CC(F)(F)F)NC1CCN(C(C)c2ccccc2)CC1.I. The van der Waals surface area contributed by atoms with Gasteiger partial charge in [-0.25, -0.2) is 0 Å². The fraction of sp³-hybridized carbons (Fsp3) is 0.600. The normalized spacial score (nSPS) is 17.1. The molecule has 10 heteroatoms. The summed E-state index contributed by atoms with van der Waals surface area (Å²) in [4.78, 5) is 19.0. The Morgan fingerprint density at radius 1 is 1.27 bits per heavy atom. The smallest absolute Gasteiger partial charge is 0.354 e. The lowest BCUT2D eigenvalue weighted by Gasteiger charge is -2.37. The van der Waals surface area contributed by atoms with Gasteiger partial charge in [-0.05, 0) is 25.3 Å². The van der Waals surface area contributed by atoms with Crippen LogP contribution in [0.2, 0.25) is 0 Å². The van der Waals surface area contributed by atoms with Crippen molar-refractivity contribution in [3.8, 4) is 0 Å². The summed E-state index contributed by atoms with van der Waals surface area (Å²) in [5, 5.41) is 6.08. The molecule has 1 unspecified atom stereocenters. The quantitative estimate of drug-likeness (QED) is 0.331. The predicted octanol–water partition coefficient (Wildman–Crippen LogP) is 3.02. The Morgan fingerprint density at radius 2 is 1.87 bits per heavy atom. The second-order valence-electron chi connectivity index (χ2n) is 7.33. The van der Waals surface area contributed by atoms with Gasteiger partial charge in [0.2, 0.25) is 5.91 Å². The first-order valence-electron chi connectivity index (χ1n) is 9.76. The molecule has 0 aromatic heterocycles. The van der Waals surface area contributed by atoms with Gasteiger partial charge in [-0.1, -0.05) is 30.3 Å². The molecule has 0 saturated carbocycles. The van der Waals surface area contributed by atoms with Crippen LogP contribution in [0.25, 0.3) is 0 Å². The number of benzene rings is 1. The average Bonchev–Trinajstić information content (AvgIpc) is 2.70. The number of rotatable bonds is 6. The molecule has 0 spiro atoms. The summed E-state index contributed by atoms with van der Waals surface area (Å²) in [5.41, 5.74) is 1.29. The summed E-state index contributed by atoms with van der Waals surface area (Å²) in [5.74, 6) is -0.218. The van der Waals surface area contributed by atoms with E-state index >= 15 is 0 Å². The number of carbonyl (C=O) groups is 1. The average molecular weight is 541 g/mol. The molecule has 2 N–H and O–H groups in total. The van der Waals surface area contributed by atoms with E-state index in [2.05, 4.69) is 39.6 Å². The molecule has 1 heterocycles. The number of guanidine groups is 1. The summed E-state index contributed by atoms with van der Waals surface area (Å²) in [6.07, 6.45) is -2.57. The maximum absolute atomic E-state index is 12.4. The summed E-state index contributed by atoms with van der Waals surface area (Å²) in [6.45, 7) is 2.55. The van der Waals surface area contributed by atoms with E-state index < -0.39 is 18.6 Å². The standard InChI is InChI=1S/C20H30F3N5O.HI/c1-15(16-7-5-4-6-8-16)28-11-9-17(10-12-28)26-19(24-2)25-13-18(29)27(3)14-20(21,22)23;/h4-8,15,17H,9-14H2,1-3H3,(H2,24,25,26);1H. The number of hydrogen-bond donors (Lipinski definition) is 2. The molecular weight excluding hydrogens is 510 g/mol. The Labute approximate surface area is 193 Å². The minimum atomic E-state index is -4.41. The van der Waals surface area contributed by atoms with E-state index in [0.717, 1.165) is 33.0 Å². The highest BCUT2D eigenvalue weighted by atomic mass is 127. The first kappa shape index (κ1) is 26.5. The van der Waals surface area contributed by atoms with Gasteiger partial charge >= 0.3 is 6.18 Å². The zero-order valence-corrected chi connectivity index (χ0v) is 19.9. The molecule has 0 aliphatic carbocycles. The summed E-state index contributed by atoms with van der Waals surface area (Å²) in [6, 6.07) is 10.9. The third kappa shape index (κ3) is 8.66. The lowest BCUT2D eigenvalue weighted by atomic mass is 10.0. The third-order valence-corrected chi connectivity index (χ3v) is 5.17. The predicted molar refractivity (Wildman–Crippen MR) is 123 cm³/mol. The van der Waals surface area contributed by atoms with Crippen LogP contribution >= 0.6 is 24.0 Å². The van der Waals surface area contributed by atoms with Gasteiger partial charge in [-0.3, -0.25) is 14.7 Å². The van der Waals surface area contributed by atoms with Crippen molar-refractivity contribution in [2.24, 2.45) is 4.99 Å². The van der Waals surface area contributed by atoms with Crippen LogP contribution in [0.3, 0.4) is 0 Å². The molecule has 30 heavy (non-hydrogen) atoms. The van der Waals surface area contributed by atoms with Gasteiger partial charge in [0, 0.05) is 39.3 Å². The molecule has 1 aliphatic heterocycles. The number of alkyl halides is 3. The fourth-order valence-electron chi connectivity index (χ4n) is 3.41. The van der Waals surface area contributed by atoms with Crippen molar-refractivity contribution >= 4 is 35.8 Å². The Morgan fingerprint density at radius 3 is 2.40 bits per heavy atom. The van der Waals surface area contributed by atoms with Crippen LogP contribution in [0, 0.1) is 0 Å². The van der Waals surface area contributed by atoms with Gasteiger partial charge in [0.05, 0.1) is 6.54 Å². The largest absolute Gasteiger partial charge is 0.406 e. The molecule has 1 aromatic carbocycles. The van der Waals surface area contributed by atoms with Gasteiger partial charge in [0.15, 0.2) is 5.96 Å². The molecule has 6 nitrogen and oxygen atoms in total. The number of likely N-dealkylation sites (N-methyl/N-ethyl adjacent to an activating group) is 1. The molecule has 2 rings (SSSR count). The fourth-order valence-corrected chi connectivity index (χ4v) is 3.41.